The molecule has 4 nitrogen and oxygen atoms in total. The first-order chi connectivity index (χ1) is 8.16. The third-order valence-corrected chi connectivity index (χ3v) is 4.00. The van der Waals surface area contributed by atoms with Crippen molar-refractivity contribution in [2.24, 2.45) is 5.92 Å². The van der Waals surface area contributed by atoms with Gasteiger partial charge in [-0.25, -0.2) is 0 Å². The van der Waals surface area contributed by atoms with E-state index in [2.05, 4.69) is 10.2 Å². The Morgan fingerprint density at radius 1 is 1.35 bits per heavy atom. The van der Waals surface area contributed by atoms with Crippen molar-refractivity contribution in [3.8, 4) is 0 Å². The summed E-state index contributed by atoms with van der Waals surface area (Å²) in [7, 11) is 0. The average Bonchev–Trinajstić information content (AvgIpc) is 2.73. The van der Waals surface area contributed by atoms with E-state index in [0.29, 0.717) is 11.7 Å². The van der Waals surface area contributed by atoms with Crippen LogP contribution in [0.1, 0.15) is 39.0 Å². The number of nitrogens with zero attached hydrogens (tertiary/aromatic N) is 1. The summed E-state index contributed by atoms with van der Waals surface area (Å²) in [5, 5.41) is 2.88. The zero-order chi connectivity index (χ0) is 12.3. The zero-order valence-corrected chi connectivity index (χ0v) is 10.6. The molecule has 17 heavy (non-hydrogen) atoms. The van der Waals surface area contributed by atoms with E-state index in [-0.39, 0.29) is 11.9 Å². The molecule has 1 aliphatic carbocycles. The Hall–Kier alpha value is -0.900. The number of amides is 1. The Bertz CT molecular complexity index is 296. The summed E-state index contributed by atoms with van der Waals surface area (Å²) in [4.78, 5) is 24.9. The van der Waals surface area contributed by atoms with Gasteiger partial charge in [-0.3, -0.25) is 14.5 Å². The summed E-state index contributed by atoms with van der Waals surface area (Å²) in [6, 6.07) is 0.205. The van der Waals surface area contributed by atoms with E-state index in [9.17, 15) is 9.59 Å². The molecule has 1 atom stereocenters. The first-order valence-electron chi connectivity index (χ1n) is 6.68. The molecule has 96 valence electrons. The number of likely N-dealkylation sites (tertiary alicyclic amines) is 1. The molecule has 2 rings (SSSR count). The van der Waals surface area contributed by atoms with Crippen LogP contribution in [0.4, 0.5) is 0 Å². The van der Waals surface area contributed by atoms with Crippen molar-refractivity contribution in [3.05, 3.63) is 0 Å². The maximum absolute atomic E-state index is 11.7. The molecule has 0 radical (unpaired) electrons. The highest BCUT2D eigenvalue weighted by molar-refractivity contribution is 5.85. The molecule has 1 saturated heterocycles. The SMILES string of the molecule is CC(=O)NCC1CCN(C2CCCC2=O)CC1. The molecule has 1 aliphatic heterocycles. The molecule has 1 unspecified atom stereocenters. The molecular weight excluding hydrogens is 216 g/mol. The lowest BCUT2D eigenvalue weighted by Crippen LogP contribution is -2.45. The van der Waals surface area contributed by atoms with Crippen molar-refractivity contribution in [1.29, 1.82) is 0 Å². The van der Waals surface area contributed by atoms with Gasteiger partial charge in [0.25, 0.3) is 0 Å². The van der Waals surface area contributed by atoms with Gasteiger partial charge in [-0.1, -0.05) is 0 Å². The van der Waals surface area contributed by atoms with Gasteiger partial charge >= 0.3 is 0 Å². The first kappa shape index (κ1) is 12.6. The van der Waals surface area contributed by atoms with Gasteiger partial charge in [-0.2, -0.15) is 0 Å². The lowest BCUT2D eigenvalue weighted by Gasteiger charge is -2.35. The molecule has 0 bridgehead atoms. The number of carbonyl (C=O) groups is 2. The van der Waals surface area contributed by atoms with Crippen LogP contribution in [0, 0.1) is 5.92 Å². The summed E-state index contributed by atoms with van der Waals surface area (Å²) < 4.78 is 0. The Morgan fingerprint density at radius 3 is 2.59 bits per heavy atom. The second-order valence-electron chi connectivity index (χ2n) is 5.29. The van der Waals surface area contributed by atoms with Crippen molar-refractivity contribution >= 4 is 11.7 Å². The number of piperidine rings is 1. The number of hydrogen-bond acceptors (Lipinski definition) is 3. The second kappa shape index (κ2) is 5.63. The maximum Gasteiger partial charge on any atom is 0.216 e. The zero-order valence-electron chi connectivity index (χ0n) is 10.6. The van der Waals surface area contributed by atoms with E-state index >= 15 is 0 Å². The molecule has 1 N–H and O–H groups in total. The van der Waals surface area contributed by atoms with Crippen molar-refractivity contribution in [2.75, 3.05) is 19.6 Å². The van der Waals surface area contributed by atoms with E-state index in [1.165, 1.54) is 0 Å². The Balaban J connectivity index is 1.74. The Kier molecular flexibility index (Phi) is 4.15. The Labute approximate surface area is 103 Å². The predicted octanol–water partition coefficient (Wildman–Crippen LogP) is 0.956. The highest BCUT2D eigenvalue weighted by Gasteiger charge is 2.32. The maximum atomic E-state index is 11.7. The number of ketones is 1. The molecule has 0 aromatic rings. The van der Waals surface area contributed by atoms with Crippen LogP contribution in [-0.2, 0) is 9.59 Å². The fourth-order valence-corrected chi connectivity index (χ4v) is 2.94. The molecule has 1 saturated carbocycles. The van der Waals surface area contributed by atoms with Crippen molar-refractivity contribution in [1.82, 2.24) is 10.2 Å². The predicted molar refractivity (Wildman–Crippen MR) is 65.6 cm³/mol. The van der Waals surface area contributed by atoms with Gasteiger partial charge < -0.3 is 5.32 Å². The molecule has 0 aromatic heterocycles. The smallest absolute Gasteiger partial charge is 0.216 e. The van der Waals surface area contributed by atoms with Gasteiger partial charge in [0.05, 0.1) is 6.04 Å². The van der Waals surface area contributed by atoms with Crippen molar-refractivity contribution in [2.45, 2.75) is 45.1 Å². The summed E-state index contributed by atoms with van der Waals surface area (Å²) in [6.45, 7) is 4.38. The minimum Gasteiger partial charge on any atom is -0.356 e. The summed E-state index contributed by atoms with van der Waals surface area (Å²) >= 11 is 0. The molecule has 0 spiro atoms. The fourth-order valence-electron chi connectivity index (χ4n) is 2.94. The molecule has 2 aliphatic rings. The van der Waals surface area contributed by atoms with Gasteiger partial charge in [-0.15, -0.1) is 0 Å². The van der Waals surface area contributed by atoms with E-state index in [4.69, 9.17) is 0 Å². The number of rotatable bonds is 3. The highest BCUT2D eigenvalue weighted by Crippen LogP contribution is 2.25. The largest absolute Gasteiger partial charge is 0.356 e. The molecule has 4 heteroatoms. The highest BCUT2D eigenvalue weighted by atomic mass is 16.1. The molecule has 1 amide bonds. The molecular formula is C13H22N2O2. The van der Waals surface area contributed by atoms with Gasteiger partial charge in [0.2, 0.25) is 5.91 Å². The van der Waals surface area contributed by atoms with Crippen molar-refractivity contribution < 1.29 is 9.59 Å². The molecule has 1 heterocycles. The van der Waals surface area contributed by atoms with Crippen LogP contribution in [0.5, 0.6) is 0 Å². The number of nitrogens with one attached hydrogen (secondary N) is 1. The standard InChI is InChI=1S/C13H22N2O2/c1-10(16)14-9-11-5-7-15(8-6-11)12-3-2-4-13(12)17/h11-12H,2-9H2,1H3,(H,14,16). The summed E-state index contributed by atoms with van der Waals surface area (Å²) in [5.41, 5.74) is 0. The van der Waals surface area contributed by atoms with Gasteiger partial charge in [0.1, 0.15) is 5.78 Å². The topological polar surface area (TPSA) is 49.4 Å². The van der Waals surface area contributed by atoms with Gasteiger partial charge in [0, 0.05) is 19.9 Å². The van der Waals surface area contributed by atoms with E-state index in [1.54, 1.807) is 6.92 Å². The monoisotopic (exact) mass is 238 g/mol. The van der Waals surface area contributed by atoms with E-state index < -0.39 is 0 Å². The number of Topliss-reactive ketones (excluding diaryl/α,β-unsaturated/α-hetero) is 1. The molecule has 2 fully saturated rings. The van der Waals surface area contributed by atoms with E-state index in [0.717, 1.165) is 51.7 Å². The average molecular weight is 238 g/mol. The minimum atomic E-state index is 0.0541. The second-order valence-corrected chi connectivity index (χ2v) is 5.29. The summed E-state index contributed by atoms with van der Waals surface area (Å²) in [5.74, 6) is 1.08. The van der Waals surface area contributed by atoms with Crippen LogP contribution in [0.25, 0.3) is 0 Å². The Morgan fingerprint density at radius 2 is 2.06 bits per heavy atom. The van der Waals surface area contributed by atoms with Gasteiger partial charge in [0.15, 0.2) is 0 Å². The van der Waals surface area contributed by atoms with Gasteiger partial charge in [-0.05, 0) is 44.7 Å². The summed E-state index contributed by atoms with van der Waals surface area (Å²) in [6.07, 6.45) is 5.09. The van der Waals surface area contributed by atoms with Crippen LogP contribution >= 0.6 is 0 Å². The van der Waals surface area contributed by atoms with Crippen molar-refractivity contribution in [3.63, 3.8) is 0 Å². The van der Waals surface area contributed by atoms with Crippen LogP contribution in [0.2, 0.25) is 0 Å². The van der Waals surface area contributed by atoms with E-state index in [1.807, 2.05) is 0 Å². The number of hydrogen-bond donors (Lipinski definition) is 1. The first-order valence-corrected chi connectivity index (χ1v) is 6.68. The fraction of sp³-hybridized carbons (Fsp3) is 0.846. The number of carbonyl (C=O) groups excluding carboxylic acids is 2. The third-order valence-electron chi connectivity index (χ3n) is 4.00. The van der Waals surface area contributed by atoms with Crippen LogP contribution in [-0.4, -0.2) is 42.3 Å². The quantitative estimate of drug-likeness (QED) is 0.796. The lowest BCUT2D eigenvalue weighted by atomic mass is 9.95. The van der Waals surface area contributed by atoms with Crippen LogP contribution in [0.15, 0.2) is 0 Å². The minimum absolute atomic E-state index is 0.0541. The third kappa shape index (κ3) is 3.28. The lowest BCUT2D eigenvalue weighted by molar-refractivity contribution is -0.122. The normalized spacial score (nSPS) is 27.4. The molecule has 0 aromatic carbocycles. The van der Waals surface area contributed by atoms with Crippen LogP contribution in [0.3, 0.4) is 0 Å². The van der Waals surface area contributed by atoms with Crippen LogP contribution < -0.4 is 5.32 Å².